The number of hydrogen-bond acceptors (Lipinski definition) is 3. The molecule has 0 aliphatic rings. The predicted molar refractivity (Wildman–Crippen MR) is 86.9 cm³/mol. The van der Waals surface area contributed by atoms with Gasteiger partial charge >= 0.3 is 0 Å². The number of hydrogen-bond donors (Lipinski definition) is 1. The molecular weight excluding hydrogens is 386 g/mol. The normalized spacial score (nSPS) is 12.4. The van der Waals surface area contributed by atoms with Gasteiger partial charge in [0.2, 0.25) is 0 Å². The van der Waals surface area contributed by atoms with Gasteiger partial charge in [-0.1, -0.05) is 0 Å². The molecule has 2 aromatic rings. The van der Waals surface area contributed by atoms with Gasteiger partial charge in [-0.3, -0.25) is 0 Å². The Hall–Kier alpha value is -0.850. The van der Waals surface area contributed by atoms with Crippen LogP contribution in [0.4, 0.5) is 0 Å². The van der Waals surface area contributed by atoms with Gasteiger partial charge in [0.1, 0.15) is 5.75 Å². The van der Waals surface area contributed by atoms with Crippen LogP contribution in [0.3, 0.4) is 0 Å². The summed E-state index contributed by atoms with van der Waals surface area (Å²) < 4.78 is 9.27. The van der Waals surface area contributed by atoms with Crippen LogP contribution in [0.15, 0.2) is 39.8 Å². The summed E-state index contributed by atoms with van der Waals surface area (Å²) in [6.07, 6.45) is 5.60. The summed E-state index contributed by atoms with van der Waals surface area (Å²) in [5.41, 5.74) is 1.20. The topological polar surface area (TPSA) is 39.1 Å². The minimum Gasteiger partial charge on any atom is -0.494 e. The third-order valence-electron chi connectivity index (χ3n) is 2.96. The molecule has 6 heteroatoms. The molecule has 2 rings (SSSR count). The van der Waals surface area contributed by atoms with Crippen molar-refractivity contribution in [3.05, 3.63) is 45.4 Å². The van der Waals surface area contributed by atoms with Crippen molar-refractivity contribution in [2.24, 2.45) is 0 Å². The lowest BCUT2D eigenvalue weighted by molar-refractivity contribution is 0.409. The molecule has 0 saturated carbocycles. The summed E-state index contributed by atoms with van der Waals surface area (Å²) in [6.45, 7) is 3.86. The fourth-order valence-electron chi connectivity index (χ4n) is 1.98. The van der Waals surface area contributed by atoms with Gasteiger partial charge in [0, 0.05) is 31.5 Å². The van der Waals surface area contributed by atoms with E-state index in [0.29, 0.717) is 6.04 Å². The molecule has 1 aromatic carbocycles. The van der Waals surface area contributed by atoms with Crippen LogP contribution in [0.2, 0.25) is 0 Å². The second-order valence-electron chi connectivity index (χ2n) is 4.63. The highest BCUT2D eigenvalue weighted by molar-refractivity contribution is 9.11. The third kappa shape index (κ3) is 4.07. The van der Waals surface area contributed by atoms with E-state index >= 15 is 0 Å². The fraction of sp³-hybridized carbons (Fsp3) is 0.357. The maximum absolute atomic E-state index is 5.30. The van der Waals surface area contributed by atoms with Gasteiger partial charge in [-0.05, 0) is 56.5 Å². The van der Waals surface area contributed by atoms with Crippen LogP contribution in [0.1, 0.15) is 12.5 Å². The first-order chi connectivity index (χ1) is 9.60. The maximum Gasteiger partial charge on any atom is 0.147 e. The van der Waals surface area contributed by atoms with Crippen LogP contribution in [0.25, 0.3) is 0 Å². The van der Waals surface area contributed by atoms with Crippen molar-refractivity contribution >= 4 is 31.9 Å². The summed E-state index contributed by atoms with van der Waals surface area (Å²) in [6, 6.07) is 4.50. The highest BCUT2D eigenvalue weighted by atomic mass is 79.9. The summed E-state index contributed by atoms with van der Waals surface area (Å²) in [7, 11) is 1.66. The molecule has 1 N–H and O–H groups in total. The summed E-state index contributed by atoms with van der Waals surface area (Å²) >= 11 is 7.04. The summed E-state index contributed by atoms with van der Waals surface area (Å²) in [5.74, 6) is 0.820. The first-order valence-electron chi connectivity index (χ1n) is 6.31. The average molecular weight is 403 g/mol. The molecule has 20 heavy (non-hydrogen) atoms. The monoisotopic (exact) mass is 401 g/mol. The van der Waals surface area contributed by atoms with Crippen molar-refractivity contribution < 1.29 is 4.74 Å². The van der Waals surface area contributed by atoms with E-state index in [1.165, 1.54) is 5.56 Å². The SMILES string of the molecule is COc1c(Br)cc(CN[C@H](C)Cn2ccnc2)cc1Br. The number of halogens is 2. The molecule has 0 unspecified atom stereocenters. The minimum atomic E-state index is 0.365. The van der Waals surface area contributed by atoms with Crippen LogP contribution >= 0.6 is 31.9 Å². The molecule has 0 radical (unpaired) electrons. The van der Waals surface area contributed by atoms with Crippen LogP contribution < -0.4 is 10.1 Å². The van der Waals surface area contributed by atoms with E-state index in [9.17, 15) is 0 Å². The molecule has 0 bridgehead atoms. The molecule has 1 heterocycles. The van der Waals surface area contributed by atoms with Crippen molar-refractivity contribution in [1.29, 1.82) is 0 Å². The molecule has 0 spiro atoms. The number of nitrogens with one attached hydrogen (secondary N) is 1. The van der Waals surface area contributed by atoms with Crippen LogP contribution in [0, 0.1) is 0 Å². The quantitative estimate of drug-likeness (QED) is 0.802. The Balaban J connectivity index is 1.93. The van der Waals surface area contributed by atoms with Crippen LogP contribution in [-0.2, 0) is 13.1 Å². The van der Waals surface area contributed by atoms with Crippen molar-refractivity contribution in [2.75, 3.05) is 7.11 Å². The molecule has 108 valence electrons. The number of aromatic nitrogens is 2. The number of ether oxygens (including phenoxy) is 1. The highest BCUT2D eigenvalue weighted by Crippen LogP contribution is 2.34. The van der Waals surface area contributed by atoms with Gasteiger partial charge in [-0.25, -0.2) is 4.98 Å². The smallest absolute Gasteiger partial charge is 0.147 e. The lowest BCUT2D eigenvalue weighted by Crippen LogP contribution is -2.29. The van der Waals surface area contributed by atoms with Gasteiger partial charge < -0.3 is 14.6 Å². The Morgan fingerprint density at radius 3 is 2.60 bits per heavy atom. The molecule has 0 saturated heterocycles. The Morgan fingerprint density at radius 1 is 1.35 bits per heavy atom. The number of benzene rings is 1. The lowest BCUT2D eigenvalue weighted by atomic mass is 10.2. The fourth-order valence-corrected chi connectivity index (χ4v) is 3.58. The minimum absolute atomic E-state index is 0.365. The van der Waals surface area contributed by atoms with Gasteiger partial charge in [0.25, 0.3) is 0 Å². The van der Waals surface area contributed by atoms with Gasteiger partial charge in [-0.15, -0.1) is 0 Å². The van der Waals surface area contributed by atoms with Gasteiger partial charge in [0.05, 0.1) is 22.4 Å². The summed E-state index contributed by atoms with van der Waals surface area (Å²) in [5, 5.41) is 3.50. The Labute approximate surface area is 135 Å². The van der Waals surface area contributed by atoms with E-state index in [1.807, 2.05) is 12.5 Å². The number of nitrogens with zero attached hydrogens (tertiary/aromatic N) is 2. The van der Waals surface area contributed by atoms with Crippen molar-refractivity contribution in [3.8, 4) is 5.75 Å². The molecule has 0 aliphatic heterocycles. The van der Waals surface area contributed by atoms with E-state index in [4.69, 9.17) is 4.74 Å². The molecule has 1 atom stereocenters. The van der Waals surface area contributed by atoms with Crippen molar-refractivity contribution in [1.82, 2.24) is 14.9 Å². The Kier molecular flexibility index (Phi) is 5.63. The number of imidazole rings is 1. The molecule has 4 nitrogen and oxygen atoms in total. The Bertz CT molecular complexity index is 535. The zero-order valence-electron chi connectivity index (χ0n) is 11.4. The molecule has 0 aliphatic carbocycles. The van der Waals surface area contributed by atoms with E-state index in [1.54, 1.807) is 13.3 Å². The zero-order chi connectivity index (χ0) is 14.5. The molecule has 1 aromatic heterocycles. The second kappa shape index (κ2) is 7.24. The van der Waals surface area contributed by atoms with Gasteiger partial charge in [0.15, 0.2) is 0 Å². The predicted octanol–water partition coefficient (Wildman–Crippen LogP) is 3.60. The summed E-state index contributed by atoms with van der Waals surface area (Å²) in [4.78, 5) is 4.04. The van der Waals surface area contributed by atoms with E-state index in [0.717, 1.165) is 27.8 Å². The molecule has 0 amide bonds. The Morgan fingerprint density at radius 2 is 2.05 bits per heavy atom. The second-order valence-corrected chi connectivity index (χ2v) is 6.34. The maximum atomic E-state index is 5.30. The standard InChI is InChI=1S/C14H17Br2N3O/c1-10(8-19-4-3-17-9-19)18-7-11-5-12(15)14(20-2)13(16)6-11/h3-6,9-10,18H,7-8H2,1-2H3/t10-/m1/s1. The molecule has 0 fully saturated rings. The van der Waals surface area contributed by atoms with Crippen molar-refractivity contribution in [2.45, 2.75) is 26.1 Å². The van der Waals surface area contributed by atoms with Crippen molar-refractivity contribution in [3.63, 3.8) is 0 Å². The van der Waals surface area contributed by atoms with E-state index < -0.39 is 0 Å². The third-order valence-corrected chi connectivity index (χ3v) is 4.14. The molecular formula is C14H17Br2N3O. The largest absolute Gasteiger partial charge is 0.494 e. The number of methoxy groups -OCH3 is 1. The lowest BCUT2D eigenvalue weighted by Gasteiger charge is -2.15. The number of rotatable bonds is 6. The van der Waals surface area contributed by atoms with Gasteiger partial charge in [-0.2, -0.15) is 0 Å². The average Bonchev–Trinajstić information content (AvgIpc) is 2.89. The highest BCUT2D eigenvalue weighted by Gasteiger charge is 2.09. The van der Waals surface area contributed by atoms with Crippen LogP contribution in [0.5, 0.6) is 5.75 Å². The van der Waals surface area contributed by atoms with Crippen LogP contribution in [-0.4, -0.2) is 22.7 Å². The van der Waals surface area contributed by atoms with E-state index in [-0.39, 0.29) is 0 Å². The first kappa shape index (κ1) is 15.5. The first-order valence-corrected chi connectivity index (χ1v) is 7.89. The zero-order valence-corrected chi connectivity index (χ0v) is 14.6. The van der Waals surface area contributed by atoms with E-state index in [2.05, 4.69) is 65.8 Å².